The normalized spacial score (nSPS) is 17.0. The smallest absolute Gasteiger partial charge is 0.121 e. The first-order valence-electron chi connectivity index (χ1n) is 7.36. The number of fused-ring (bicyclic) bond motifs is 5. The Morgan fingerprint density at radius 3 is 2.76 bits per heavy atom. The Morgan fingerprint density at radius 1 is 1.05 bits per heavy atom. The van der Waals surface area contributed by atoms with Gasteiger partial charge < -0.3 is 4.90 Å². The van der Waals surface area contributed by atoms with Gasteiger partial charge in [0.2, 0.25) is 0 Å². The summed E-state index contributed by atoms with van der Waals surface area (Å²) >= 11 is 0. The number of benzene rings is 1. The van der Waals surface area contributed by atoms with E-state index in [1.54, 1.807) is 0 Å². The van der Waals surface area contributed by atoms with Gasteiger partial charge in [-0.05, 0) is 24.5 Å². The molecule has 4 heteroatoms. The first-order chi connectivity index (χ1) is 10.3. The Balaban J connectivity index is 2.05. The Kier molecular flexibility index (Phi) is 2.70. The van der Waals surface area contributed by atoms with E-state index in [1.165, 1.54) is 22.4 Å². The lowest BCUT2D eigenvalue weighted by Crippen LogP contribution is -2.24. The van der Waals surface area contributed by atoms with Gasteiger partial charge in [0.05, 0.1) is 5.69 Å². The highest BCUT2D eigenvalue weighted by Crippen LogP contribution is 2.40. The zero-order valence-electron chi connectivity index (χ0n) is 12.4. The molecule has 1 aliphatic heterocycles. The molecule has 0 saturated heterocycles. The van der Waals surface area contributed by atoms with E-state index < -0.39 is 0 Å². The largest absolute Gasteiger partial charge is 0.370 e. The van der Waals surface area contributed by atoms with Gasteiger partial charge in [-0.15, -0.1) is 5.10 Å². The first kappa shape index (κ1) is 12.4. The number of hydrogen-bond donors (Lipinski definition) is 0. The van der Waals surface area contributed by atoms with Crippen LogP contribution in [0.1, 0.15) is 18.5 Å². The van der Waals surface area contributed by atoms with Crippen molar-refractivity contribution in [1.82, 2.24) is 15.0 Å². The van der Waals surface area contributed by atoms with Crippen LogP contribution < -0.4 is 4.90 Å². The number of aromatic nitrogens is 3. The van der Waals surface area contributed by atoms with E-state index in [1.807, 2.05) is 11.7 Å². The molecule has 1 aromatic heterocycles. The Morgan fingerprint density at radius 2 is 1.86 bits per heavy atom. The van der Waals surface area contributed by atoms with Crippen LogP contribution in [0.15, 0.2) is 42.0 Å². The predicted molar refractivity (Wildman–Crippen MR) is 85.0 cm³/mol. The van der Waals surface area contributed by atoms with Crippen molar-refractivity contribution in [3.8, 4) is 11.3 Å². The Labute approximate surface area is 124 Å². The lowest BCUT2D eigenvalue weighted by Gasteiger charge is -2.28. The molecule has 2 aliphatic rings. The molecule has 0 bridgehead atoms. The minimum Gasteiger partial charge on any atom is -0.370 e. The summed E-state index contributed by atoms with van der Waals surface area (Å²) in [6.07, 6.45) is 6.85. The molecular weight excluding hydrogens is 260 g/mol. The third kappa shape index (κ3) is 1.82. The van der Waals surface area contributed by atoms with Crippen LogP contribution in [0.5, 0.6) is 0 Å². The summed E-state index contributed by atoms with van der Waals surface area (Å²) in [5.74, 6) is 0. The molecule has 106 valence electrons. The zero-order valence-corrected chi connectivity index (χ0v) is 12.4. The van der Waals surface area contributed by atoms with Crippen molar-refractivity contribution in [2.24, 2.45) is 7.05 Å². The Hall–Kier alpha value is -2.36. The number of anilines is 1. The topological polar surface area (TPSA) is 34.0 Å². The number of aryl methyl sites for hydroxylation is 1. The molecule has 0 amide bonds. The molecule has 0 fully saturated rings. The van der Waals surface area contributed by atoms with Crippen molar-refractivity contribution in [3.05, 3.63) is 47.7 Å². The average molecular weight is 278 g/mol. The zero-order chi connectivity index (χ0) is 14.4. The molecule has 2 aromatic rings. The number of para-hydroxylation sites is 1. The van der Waals surface area contributed by atoms with Gasteiger partial charge in [-0.3, -0.25) is 0 Å². The minimum atomic E-state index is 0.916. The van der Waals surface area contributed by atoms with Crippen LogP contribution in [-0.2, 0) is 7.05 Å². The highest BCUT2D eigenvalue weighted by Gasteiger charge is 2.26. The molecule has 21 heavy (non-hydrogen) atoms. The maximum Gasteiger partial charge on any atom is 0.121 e. The number of rotatable bonds is 0. The maximum absolute atomic E-state index is 4.45. The number of allylic oxidation sites excluding steroid dienone is 2. The van der Waals surface area contributed by atoms with Gasteiger partial charge in [-0.1, -0.05) is 35.6 Å². The van der Waals surface area contributed by atoms with E-state index in [9.17, 15) is 0 Å². The van der Waals surface area contributed by atoms with Crippen molar-refractivity contribution in [2.45, 2.75) is 12.8 Å². The molecule has 0 unspecified atom stereocenters. The summed E-state index contributed by atoms with van der Waals surface area (Å²) in [5, 5.41) is 8.73. The van der Waals surface area contributed by atoms with Crippen LogP contribution in [-0.4, -0.2) is 28.6 Å². The van der Waals surface area contributed by atoms with E-state index >= 15 is 0 Å². The van der Waals surface area contributed by atoms with Gasteiger partial charge in [-0.25, -0.2) is 4.68 Å². The summed E-state index contributed by atoms with van der Waals surface area (Å²) in [4.78, 5) is 2.32. The third-order valence-corrected chi connectivity index (χ3v) is 4.31. The van der Waals surface area contributed by atoms with Crippen LogP contribution in [0.3, 0.4) is 0 Å². The monoisotopic (exact) mass is 278 g/mol. The van der Waals surface area contributed by atoms with Crippen molar-refractivity contribution in [3.63, 3.8) is 0 Å². The standard InChI is InChI=1S/C17H18N4/c1-20-11-12-7-3-4-8-13(12)16-17(21(2)19-18-16)14-9-5-6-10-15(14)20/h5-10H,3-4,11H2,1-2H3. The third-order valence-electron chi connectivity index (χ3n) is 4.31. The van der Waals surface area contributed by atoms with Gasteiger partial charge in [0.1, 0.15) is 5.69 Å². The SMILES string of the molecule is CN1CC2=CCCC=C2c2nnn(C)c2-c2ccccc21. The second-order valence-electron chi connectivity index (χ2n) is 5.71. The fourth-order valence-electron chi connectivity index (χ4n) is 3.31. The van der Waals surface area contributed by atoms with E-state index in [4.69, 9.17) is 0 Å². The van der Waals surface area contributed by atoms with Crippen LogP contribution in [0, 0.1) is 0 Å². The number of likely N-dealkylation sites (N-methyl/N-ethyl adjacent to an activating group) is 1. The van der Waals surface area contributed by atoms with E-state index in [0.29, 0.717) is 0 Å². The van der Waals surface area contributed by atoms with E-state index in [-0.39, 0.29) is 0 Å². The number of hydrogen-bond acceptors (Lipinski definition) is 3. The molecular formula is C17H18N4. The van der Waals surface area contributed by atoms with Gasteiger partial charge in [0.15, 0.2) is 0 Å². The van der Waals surface area contributed by atoms with E-state index in [0.717, 1.165) is 30.8 Å². The highest BCUT2D eigenvalue weighted by atomic mass is 15.4. The summed E-state index contributed by atoms with van der Waals surface area (Å²) < 4.78 is 1.89. The average Bonchev–Trinajstić information content (AvgIpc) is 2.87. The summed E-state index contributed by atoms with van der Waals surface area (Å²) in [7, 11) is 4.12. The fraction of sp³-hybridized carbons (Fsp3) is 0.294. The molecule has 0 saturated carbocycles. The second-order valence-corrected chi connectivity index (χ2v) is 5.71. The predicted octanol–water partition coefficient (Wildman–Crippen LogP) is 3.04. The van der Waals surface area contributed by atoms with Crippen molar-refractivity contribution >= 4 is 11.3 Å². The summed E-state index contributed by atoms with van der Waals surface area (Å²) in [6.45, 7) is 0.916. The van der Waals surface area contributed by atoms with Crippen LogP contribution in [0.25, 0.3) is 16.8 Å². The molecule has 4 nitrogen and oxygen atoms in total. The maximum atomic E-state index is 4.45. The lowest BCUT2D eigenvalue weighted by molar-refractivity contribution is 0.720. The molecule has 0 radical (unpaired) electrons. The molecule has 1 aromatic carbocycles. The fourth-order valence-corrected chi connectivity index (χ4v) is 3.31. The van der Waals surface area contributed by atoms with Crippen molar-refractivity contribution < 1.29 is 0 Å². The Bertz CT molecular complexity index is 767. The highest BCUT2D eigenvalue weighted by molar-refractivity contribution is 5.91. The van der Waals surface area contributed by atoms with Crippen LogP contribution >= 0.6 is 0 Å². The molecule has 4 rings (SSSR count). The summed E-state index contributed by atoms with van der Waals surface area (Å²) in [6, 6.07) is 8.50. The summed E-state index contributed by atoms with van der Waals surface area (Å²) in [5.41, 5.74) is 7.17. The molecule has 0 spiro atoms. The van der Waals surface area contributed by atoms with Gasteiger partial charge in [0.25, 0.3) is 0 Å². The van der Waals surface area contributed by atoms with Crippen LogP contribution in [0.2, 0.25) is 0 Å². The minimum absolute atomic E-state index is 0.916. The number of nitrogens with zero attached hydrogens (tertiary/aromatic N) is 4. The lowest BCUT2D eigenvalue weighted by atomic mass is 9.90. The van der Waals surface area contributed by atoms with Crippen molar-refractivity contribution in [2.75, 3.05) is 18.5 Å². The second kappa shape index (κ2) is 4.58. The molecule has 1 aliphatic carbocycles. The quantitative estimate of drug-likeness (QED) is 0.743. The molecule has 0 atom stereocenters. The van der Waals surface area contributed by atoms with Crippen LogP contribution in [0.4, 0.5) is 5.69 Å². The van der Waals surface area contributed by atoms with Gasteiger partial charge in [0, 0.05) is 37.5 Å². The first-order valence-corrected chi connectivity index (χ1v) is 7.36. The molecule has 0 N–H and O–H groups in total. The van der Waals surface area contributed by atoms with Crippen molar-refractivity contribution in [1.29, 1.82) is 0 Å². The van der Waals surface area contributed by atoms with Gasteiger partial charge in [-0.2, -0.15) is 0 Å². The van der Waals surface area contributed by atoms with E-state index in [2.05, 4.69) is 58.7 Å². The molecule has 2 heterocycles. The van der Waals surface area contributed by atoms with Gasteiger partial charge >= 0.3 is 0 Å².